The molecule has 12 N–H and O–H groups in total. The molecule has 2 aliphatic rings. The zero-order chi connectivity index (χ0) is 62.6. The molecular formula is C58H83ClN6O19. The topological polar surface area (TPSA) is 387 Å². The first-order valence-corrected chi connectivity index (χ1v) is 28.3. The molecule has 1 fully saturated rings. The number of amides is 6. The van der Waals surface area contributed by atoms with Gasteiger partial charge in [0.2, 0.25) is 35.4 Å². The van der Waals surface area contributed by atoms with Crippen LogP contribution in [0.5, 0.6) is 5.75 Å². The van der Waals surface area contributed by atoms with Gasteiger partial charge in [-0.2, -0.15) is 0 Å². The number of esters is 2. The van der Waals surface area contributed by atoms with E-state index in [1.165, 1.54) is 19.3 Å². The van der Waals surface area contributed by atoms with E-state index in [-0.39, 0.29) is 64.0 Å². The second kappa shape index (κ2) is 33.1. The predicted octanol–water partition coefficient (Wildman–Crippen LogP) is 0.953. The summed E-state index contributed by atoms with van der Waals surface area (Å²) in [6.07, 6.45) is -8.82. The summed E-state index contributed by atoms with van der Waals surface area (Å²) in [6.45, 7) is 10.2. The maximum atomic E-state index is 14.0. The molecule has 466 valence electrons. The molecule has 1 saturated heterocycles. The Hall–Kier alpha value is -6.74. The summed E-state index contributed by atoms with van der Waals surface area (Å²) in [5.41, 5.74) is 0.629. The standard InChI is InChI=1S/C58H83ClN6O19/c1-30(2)23-43-56(79)82-41(11-9-12-45(70)63-38(25-34-17-21-42(81-8)36(59)24-34)54(77)62-29-58(6,7)57(80)83-43)32(5)51-52(84-51)35-18-15-33(16-19-35)26-61-53(76)37(20-22-44(69)60-27-39(67)49(74)50(75)40(68)28-66)64-55(78)48(31(3)4)65-46(71)13-10-14-47(72)73/h9,12,15-19,21,24,30-32,37-41,43,48-52,66-68,74-75H,10-11,13-14,20,22-23,25-29H2,1-8H3,(H,60,69)(H,61,76)(H,62,77)(H,63,70)(H,64,78)(H,65,71)(H,72,73)/b12-9-/t32-,37-,38+,39-,40+,41-,43-,48-,49+,50+,51+,52+/m0/s1. The summed E-state index contributed by atoms with van der Waals surface area (Å²) in [5.74, 6) is -7.36. The van der Waals surface area contributed by atoms with E-state index in [0.29, 0.717) is 21.9 Å². The van der Waals surface area contributed by atoms with Gasteiger partial charge >= 0.3 is 17.9 Å². The lowest BCUT2D eigenvalue weighted by Crippen LogP contribution is -2.55. The number of cyclic esters (lactones) is 2. The number of halogens is 1. The van der Waals surface area contributed by atoms with Crippen LogP contribution in [0, 0.1) is 23.2 Å². The molecule has 2 aliphatic heterocycles. The molecule has 0 radical (unpaired) electrons. The molecule has 2 aromatic rings. The molecular weight excluding hydrogens is 1120 g/mol. The van der Waals surface area contributed by atoms with Crippen molar-refractivity contribution in [2.24, 2.45) is 23.2 Å². The van der Waals surface area contributed by atoms with Gasteiger partial charge in [-0.1, -0.05) is 82.6 Å². The second-order valence-corrected chi connectivity index (χ2v) is 23.0. The number of carbonyl (C=O) groups excluding carboxylic acids is 8. The van der Waals surface area contributed by atoms with Gasteiger partial charge in [0.05, 0.1) is 36.4 Å². The number of aliphatic hydroxyl groups excluding tert-OH is 5. The average molecular weight is 1200 g/mol. The fourth-order valence-corrected chi connectivity index (χ4v) is 9.22. The minimum Gasteiger partial charge on any atom is -0.495 e. The van der Waals surface area contributed by atoms with Crippen molar-refractivity contribution in [2.75, 3.05) is 26.8 Å². The van der Waals surface area contributed by atoms with E-state index in [4.69, 9.17) is 40.8 Å². The van der Waals surface area contributed by atoms with Crippen molar-refractivity contribution in [3.63, 3.8) is 0 Å². The summed E-state index contributed by atoms with van der Waals surface area (Å²) in [7, 11) is 1.47. The monoisotopic (exact) mass is 1200 g/mol. The van der Waals surface area contributed by atoms with Crippen LogP contribution in [0.15, 0.2) is 54.6 Å². The van der Waals surface area contributed by atoms with Crippen LogP contribution in [0.25, 0.3) is 0 Å². The van der Waals surface area contributed by atoms with Crippen molar-refractivity contribution in [1.82, 2.24) is 31.9 Å². The Kier molecular flexibility index (Phi) is 27.5. The highest BCUT2D eigenvalue weighted by atomic mass is 35.5. The van der Waals surface area contributed by atoms with Crippen molar-refractivity contribution in [3.8, 4) is 5.75 Å². The number of aliphatic carboxylic acids is 1. The van der Waals surface area contributed by atoms with Gasteiger partial charge in [0.25, 0.3) is 0 Å². The first-order valence-electron chi connectivity index (χ1n) is 28.0. The SMILES string of the molecule is COc1ccc(C[C@H]2NC(=O)/C=C\C[C@@H]([C@H](C)[C@H]3O[C@@H]3c3ccc(CNC(=O)[C@H](CCC(=O)NC[C@H](O)[C@@H](O)[C@H](O)[C@H](O)CO)NC(=O)[C@@H](NC(=O)CCCC(=O)O)C(C)C)cc3)OC(=O)[C@H](CC(C)C)OC(=O)C(C)(C)CNC2=O)cc1Cl. The molecule has 0 bridgehead atoms. The highest BCUT2D eigenvalue weighted by Gasteiger charge is 2.48. The third-order valence-corrected chi connectivity index (χ3v) is 14.5. The number of aliphatic hydroxyl groups is 5. The average Bonchev–Trinajstić information content (AvgIpc) is 4.40. The van der Waals surface area contributed by atoms with E-state index in [1.54, 1.807) is 70.2 Å². The fraction of sp³-hybridized carbons (Fsp3) is 0.603. The lowest BCUT2D eigenvalue weighted by atomic mass is 9.92. The third kappa shape index (κ3) is 22.0. The summed E-state index contributed by atoms with van der Waals surface area (Å²) in [6, 6.07) is 8.32. The van der Waals surface area contributed by atoms with Crippen molar-refractivity contribution in [2.45, 2.75) is 173 Å². The Morgan fingerprint density at radius 1 is 0.833 bits per heavy atom. The van der Waals surface area contributed by atoms with E-state index in [2.05, 4.69) is 31.9 Å². The summed E-state index contributed by atoms with van der Waals surface area (Å²) in [5, 5.41) is 74.1. The van der Waals surface area contributed by atoms with Crippen LogP contribution in [-0.2, 0) is 70.3 Å². The third-order valence-electron chi connectivity index (χ3n) is 14.2. The normalized spacial score (nSPS) is 22.3. The summed E-state index contributed by atoms with van der Waals surface area (Å²) < 4.78 is 23.4. The Labute approximate surface area is 493 Å². The number of carboxylic acid groups (broad SMARTS) is 1. The molecule has 4 rings (SSSR count). The number of benzene rings is 2. The van der Waals surface area contributed by atoms with Crippen LogP contribution < -0.4 is 36.6 Å². The number of hydrogen-bond acceptors (Lipinski definition) is 18. The van der Waals surface area contributed by atoms with Gasteiger partial charge in [0.15, 0.2) is 6.10 Å². The first-order chi connectivity index (χ1) is 39.5. The predicted molar refractivity (Wildman–Crippen MR) is 302 cm³/mol. The molecule has 0 aromatic heterocycles. The van der Waals surface area contributed by atoms with Crippen molar-refractivity contribution < 1.29 is 92.7 Å². The Morgan fingerprint density at radius 3 is 2.12 bits per heavy atom. The summed E-state index contributed by atoms with van der Waals surface area (Å²) >= 11 is 6.38. The number of hydrogen-bond donors (Lipinski definition) is 12. The van der Waals surface area contributed by atoms with Crippen LogP contribution in [0.3, 0.4) is 0 Å². The molecule has 0 saturated carbocycles. The van der Waals surface area contributed by atoms with E-state index in [1.807, 2.05) is 20.8 Å². The minimum absolute atomic E-state index is 0.0164. The second-order valence-electron chi connectivity index (χ2n) is 22.6. The van der Waals surface area contributed by atoms with Crippen molar-refractivity contribution in [1.29, 1.82) is 0 Å². The molecule has 0 unspecified atom stereocenters. The van der Waals surface area contributed by atoms with Gasteiger partial charge in [0, 0.05) is 57.7 Å². The quantitative estimate of drug-likeness (QED) is 0.0417. The van der Waals surface area contributed by atoms with Gasteiger partial charge in [-0.25, -0.2) is 4.79 Å². The molecule has 12 atom stereocenters. The van der Waals surface area contributed by atoms with Crippen LogP contribution >= 0.6 is 11.6 Å². The van der Waals surface area contributed by atoms with Gasteiger partial charge in [-0.05, 0) is 79.8 Å². The highest BCUT2D eigenvalue weighted by molar-refractivity contribution is 6.32. The molecule has 26 heteroatoms. The maximum Gasteiger partial charge on any atom is 0.347 e. The van der Waals surface area contributed by atoms with Gasteiger partial charge in [-0.15, -0.1) is 0 Å². The van der Waals surface area contributed by atoms with Gasteiger partial charge in [-0.3, -0.25) is 38.4 Å². The van der Waals surface area contributed by atoms with Crippen LogP contribution in [0.2, 0.25) is 5.02 Å². The van der Waals surface area contributed by atoms with Crippen molar-refractivity contribution in [3.05, 3.63) is 76.3 Å². The molecule has 2 heterocycles. The van der Waals surface area contributed by atoms with E-state index in [0.717, 1.165) is 5.56 Å². The molecule has 84 heavy (non-hydrogen) atoms. The molecule has 0 aliphatic carbocycles. The van der Waals surface area contributed by atoms with E-state index in [9.17, 15) is 63.6 Å². The molecule has 0 spiro atoms. The number of epoxide rings is 1. The van der Waals surface area contributed by atoms with Crippen LogP contribution in [0.4, 0.5) is 0 Å². The lowest BCUT2D eigenvalue weighted by Gasteiger charge is -2.29. The summed E-state index contributed by atoms with van der Waals surface area (Å²) in [4.78, 5) is 119. The number of ether oxygens (including phenoxy) is 4. The Bertz CT molecular complexity index is 2620. The minimum atomic E-state index is -1.95. The van der Waals surface area contributed by atoms with E-state index < -0.39 is 157 Å². The number of methoxy groups -OCH3 is 1. The zero-order valence-electron chi connectivity index (χ0n) is 48.6. The smallest absolute Gasteiger partial charge is 0.347 e. The van der Waals surface area contributed by atoms with E-state index >= 15 is 0 Å². The molecule has 6 amide bonds. The maximum absolute atomic E-state index is 14.0. The van der Waals surface area contributed by atoms with Gasteiger partial charge < -0.3 is 81.5 Å². The highest BCUT2D eigenvalue weighted by Crippen LogP contribution is 2.45. The van der Waals surface area contributed by atoms with Crippen LogP contribution in [-0.4, -0.2) is 172 Å². The largest absolute Gasteiger partial charge is 0.495 e. The Balaban J connectivity index is 1.50. The van der Waals surface area contributed by atoms with Gasteiger partial charge in [0.1, 0.15) is 54.4 Å². The fourth-order valence-electron chi connectivity index (χ4n) is 8.94. The van der Waals surface area contributed by atoms with Crippen molar-refractivity contribution >= 4 is 65.0 Å². The lowest BCUT2D eigenvalue weighted by molar-refractivity contribution is -0.179. The number of carbonyl (C=O) groups is 9. The Morgan fingerprint density at radius 2 is 1.50 bits per heavy atom. The number of carboxylic acids is 1. The number of nitrogens with one attached hydrogen (secondary N) is 6. The molecule has 25 nitrogen and oxygen atoms in total. The zero-order valence-corrected chi connectivity index (χ0v) is 49.4. The van der Waals surface area contributed by atoms with Crippen LogP contribution in [0.1, 0.15) is 116 Å². The number of rotatable bonds is 28. The first kappa shape index (κ1) is 69.8. The molecule has 2 aromatic carbocycles.